The van der Waals surface area contributed by atoms with Gasteiger partial charge in [0.15, 0.2) is 0 Å². The number of benzene rings is 3. The van der Waals surface area contributed by atoms with Crippen molar-refractivity contribution >= 4 is 23.9 Å². The van der Waals surface area contributed by atoms with E-state index in [0.717, 1.165) is 15.6 Å². The summed E-state index contributed by atoms with van der Waals surface area (Å²) >= 11 is 0. The van der Waals surface area contributed by atoms with Gasteiger partial charge in [0, 0.05) is 6.61 Å². The molecule has 0 saturated heterocycles. The highest BCUT2D eigenvalue weighted by atomic mass is 28.4. The normalized spacial score (nSPS) is 11.4. The van der Waals surface area contributed by atoms with Gasteiger partial charge in [0.2, 0.25) is 0 Å². The quantitative estimate of drug-likeness (QED) is 0.484. The van der Waals surface area contributed by atoms with Gasteiger partial charge in [-0.1, -0.05) is 36.4 Å². The standard InChI is InChI=1S/C20H20O4Si/c1-2-24-25(18-9-3-15(21)4-10-18,19-11-5-16(22)6-12-19)20-13-7-17(23)8-14-20/h3-14,21-23H,2H2,1H3. The second-order valence-electron chi connectivity index (χ2n) is 5.75. The molecule has 3 N–H and O–H groups in total. The fourth-order valence-corrected chi connectivity index (χ4v) is 6.90. The molecule has 0 aliphatic rings. The van der Waals surface area contributed by atoms with Crippen LogP contribution in [-0.2, 0) is 4.43 Å². The summed E-state index contributed by atoms with van der Waals surface area (Å²) in [5.74, 6) is 0.582. The average Bonchev–Trinajstić information content (AvgIpc) is 2.62. The van der Waals surface area contributed by atoms with Crippen LogP contribution in [0.1, 0.15) is 6.92 Å². The molecule has 0 atom stereocenters. The molecule has 0 radical (unpaired) electrons. The van der Waals surface area contributed by atoms with Crippen molar-refractivity contribution in [1.82, 2.24) is 0 Å². The molecule has 5 heteroatoms. The maximum Gasteiger partial charge on any atom is 0.288 e. The summed E-state index contributed by atoms with van der Waals surface area (Å²) in [6, 6.07) is 21.1. The lowest BCUT2D eigenvalue weighted by Crippen LogP contribution is -2.69. The van der Waals surface area contributed by atoms with Gasteiger partial charge < -0.3 is 19.7 Å². The summed E-state index contributed by atoms with van der Waals surface area (Å²) in [6.07, 6.45) is 0. The average molecular weight is 352 g/mol. The van der Waals surface area contributed by atoms with Crippen molar-refractivity contribution in [3.63, 3.8) is 0 Å². The molecule has 4 nitrogen and oxygen atoms in total. The number of aromatic hydroxyl groups is 3. The van der Waals surface area contributed by atoms with Crippen molar-refractivity contribution in [3.8, 4) is 17.2 Å². The van der Waals surface area contributed by atoms with Crippen molar-refractivity contribution in [2.24, 2.45) is 0 Å². The Morgan fingerprint density at radius 1 is 0.600 bits per heavy atom. The fraction of sp³-hybridized carbons (Fsp3) is 0.100. The third-order valence-corrected chi connectivity index (χ3v) is 8.34. The third-order valence-electron chi connectivity index (χ3n) is 4.18. The maximum atomic E-state index is 9.67. The minimum Gasteiger partial charge on any atom is -0.508 e. The Morgan fingerprint density at radius 2 is 0.880 bits per heavy atom. The second kappa shape index (κ2) is 7.00. The molecule has 0 amide bonds. The summed E-state index contributed by atoms with van der Waals surface area (Å²) in [7, 11) is -2.83. The Hall–Kier alpha value is -2.76. The maximum absolute atomic E-state index is 9.67. The molecular formula is C20H20O4Si. The summed E-state index contributed by atoms with van der Waals surface area (Å²) in [5, 5.41) is 32.0. The molecule has 0 fully saturated rings. The first-order valence-electron chi connectivity index (χ1n) is 8.08. The summed E-state index contributed by atoms with van der Waals surface area (Å²) in [5.41, 5.74) is 0. The lowest BCUT2D eigenvalue weighted by molar-refractivity contribution is 0.347. The van der Waals surface area contributed by atoms with Gasteiger partial charge in [0.05, 0.1) is 0 Å². The van der Waals surface area contributed by atoms with E-state index in [1.807, 2.05) is 43.3 Å². The van der Waals surface area contributed by atoms with Gasteiger partial charge in [-0.25, -0.2) is 0 Å². The largest absolute Gasteiger partial charge is 0.508 e. The molecule has 0 spiro atoms. The summed E-state index contributed by atoms with van der Waals surface area (Å²) in [4.78, 5) is 0. The van der Waals surface area contributed by atoms with Gasteiger partial charge in [-0.05, 0) is 58.9 Å². The third kappa shape index (κ3) is 3.24. The molecule has 0 unspecified atom stereocenters. The summed E-state index contributed by atoms with van der Waals surface area (Å²) in [6.45, 7) is 2.46. The molecule has 0 aliphatic carbocycles. The van der Waals surface area contributed by atoms with Crippen molar-refractivity contribution in [1.29, 1.82) is 0 Å². The second-order valence-corrected chi connectivity index (χ2v) is 9.14. The van der Waals surface area contributed by atoms with Crippen molar-refractivity contribution in [2.75, 3.05) is 6.61 Å². The van der Waals surface area contributed by atoms with Crippen LogP contribution in [-0.4, -0.2) is 30.2 Å². The van der Waals surface area contributed by atoms with Crippen LogP contribution in [0.3, 0.4) is 0 Å². The van der Waals surface area contributed by atoms with Gasteiger partial charge in [-0.3, -0.25) is 0 Å². The smallest absolute Gasteiger partial charge is 0.288 e. The van der Waals surface area contributed by atoms with Crippen LogP contribution in [0.5, 0.6) is 17.2 Å². The minimum atomic E-state index is -2.83. The van der Waals surface area contributed by atoms with E-state index in [-0.39, 0.29) is 17.2 Å². The molecular weight excluding hydrogens is 332 g/mol. The number of hydrogen-bond donors (Lipinski definition) is 3. The molecule has 3 aromatic carbocycles. The SMILES string of the molecule is CCO[Si](c1ccc(O)cc1)(c1ccc(O)cc1)c1ccc(O)cc1. The molecule has 0 saturated carbocycles. The summed E-state index contributed by atoms with van der Waals surface area (Å²) < 4.78 is 6.40. The molecule has 128 valence electrons. The van der Waals surface area contributed by atoms with Gasteiger partial charge >= 0.3 is 0 Å². The van der Waals surface area contributed by atoms with E-state index >= 15 is 0 Å². The number of hydrogen-bond acceptors (Lipinski definition) is 4. The fourth-order valence-electron chi connectivity index (χ4n) is 3.05. The topological polar surface area (TPSA) is 69.9 Å². The monoisotopic (exact) mass is 352 g/mol. The van der Waals surface area contributed by atoms with Crippen LogP contribution in [0, 0.1) is 0 Å². The first-order chi connectivity index (χ1) is 12.1. The zero-order valence-corrected chi connectivity index (χ0v) is 14.9. The Kier molecular flexibility index (Phi) is 4.78. The molecule has 3 rings (SSSR count). The minimum absolute atomic E-state index is 0.194. The highest BCUT2D eigenvalue weighted by molar-refractivity contribution is 7.07. The highest BCUT2D eigenvalue weighted by Gasteiger charge is 2.41. The number of phenols is 3. The predicted octanol–water partition coefficient (Wildman–Crippen LogP) is 1.81. The first kappa shape index (κ1) is 17.1. The van der Waals surface area contributed by atoms with Gasteiger partial charge in [-0.2, -0.15) is 0 Å². The van der Waals surface area contributed by atoms with E-state index < -0.39 is 8.32 Å². The number of rotatable bonds is 5. The lowest BCUT2D eigenvalue weighted by Gasteiger charge is -2.32. The van der Waals surface area contributed by atoms with E-state index in [0.29, 0.717) is 6.61 Å². The van der Waals surface area contributed by atoms with E-state index in [9.17, 15) is 15.3 Å². The van der Waals surface area contributed by atoms with E-state index in [4.69, 9.17) is 4.43 Å². The van der Waals surface area contributed by atoms with E-state index in [1.54, 1.807) is 36.4 Å². The lowest BCUT2D eigenvalue weighted by atomic mass is 10.3. The Balaban J connectivity index is 2.28. The first-order valence-corrected chi connectivity index (χ1v) is 9.99. The molecule has 25 heavy (non-hydrogen) atoms. The molecule has 0 heterocycles. The van der Waals surface area contributed by atoms with Gasteiger partial charge in [-0.15, -0.1) is 0 Å². The van der Waals surface area contributed by atoms with Crippen LogP contribution < -0.4 is 15.6 Å². The van der Waals surface area contributed by atoms with Crippen molar-refractivity contribution in [2.45, 2.75) is 6.92 Å². The van der Waals surface area contributed by atoms with Gasteiger partial charge in [0.1, 0.15) is 17.2 Å². The van der Waals surface area contributed by atoms with Gasteiger partial charge in [0.25, 0.3) is 8.32 Å². The Bertz CT molecular complexity index is 716. The van der Waals surface area contributed by atoms with E-state index in [2.05, 4.69) is 0 Å². The van der Waals surface area contributed by atoms with Crippen LogP contribution in [0.15, 0.2) is 72.8 Å². The van der Waals surface area contributed by atoms with Crippen LogP contribution in [0.4, 0.5) is 0 Å². The van der Waals surface area contributed by atoms with Crippen LogP contribution >= 0.6 is 0 Å². The number of phenolic OH excluding ortho intramolecular Hbond substituents is 3. The molecule has 0 aromatic heterocycles. The van der Waals surface area contributed by atoms with E-state index in [1.165, 1.54) is 0 Å². The Labute approximate surface area is 147 Å². The highest BCUT2D eigenvalue weighted by Crippen LogP contribution is 2.16. The molecule has 3 aromatic rings. The van der Waals surface area contributed by atoms with Crippen LogP contribution in [0.2, 0.25) is 0 Å². The predicted molar refractivity (Wildman–Crippen MR) is 101 cm³/mol. The molecule has 0 bridgehead atoms. The van der Waals surface area contributed by atoms with Crippen LogP contribution in [0.25, 0.3) is 0 Å². The van der Waals surface area contributed by atoms with Crippen molar-refractivity contribution < 1.29 is 19.7 Å². The molecule has 0 aliphatic heterocycles. The zero-order valence-electron chi connectivity index (χ0n) is 13.9. The zero-order chi connectivity index (χ0) is 17.9. The van der Waals surface area contributed by atoms with Crippen molar-refractivity contribution in [3.05, 3.63) is 72.8 Å². The Morgan fingerprint density at radius 3 is 1.12 bits per heavy atom.